The van der Waals surface area contributed by atoms with E-state index in [1.807, 2.05) is 17.9 Å². The standard InChI is InChI=1S/C17H18N2O/c1-12(20-3)13-5-4-6-14(9-13)15-7-8-17-16(10-15)18-11-19(17)2/h4-12H,1-3H3. The first-order valence-electron chi connectivity index (χ1n) is 6.73. The highest BCUT2D eigenvalue weighted by atomic mass is 16.5. The molecule has 1 heterocycles. The van der Waals surface area contributed by atoms with Gasteiger partial charge in [0, 0.05) is 14.2 Å². The smallest absolute Gasteiger partial charge is 0.0955 e. The summed E-state index contributed by atoms with van der Waals surface area (Å²) >= 11 is 0. The van der Waals surface area contributed by atoms with Crippen LogP contribution in [0.25, 0.3) is 22.2 Å². The van der Waals surface area contributed by atoms with Crippen molar-refractivity contribution in [1.82, 2.24) is 9.55 Å². The van der Waals surface area contributed by atoms with Crippen molar-refractivity contribution in [2.45, 2.75) is 13.0 Å². The summed E-state index contributed by atoms with van der Waals surface area (Å²) in [7, 11) is 3.74. The summed E-state index contributed by atoms with van der Waals surface area (Å²) in [4.78, 5) is 4.42. The molecule has 3 aromatic rings. The number of hydrogen-bond donors (Lipinski definition) is 0. The third kappa shape index (κ3) is 2.21. The number of fused-ring (bicyclic) bond motifs is 1. The summed E-state index contributed by atoms with van der Waals surface area (Å²) in [6.07, 6.45) is 1.95. The maximum absolute atomic E-state index is 5.38. The SMILES string of the molecule is COC(C)c1cccc(-c2ccc3c(c2)ncn3C)c1. The molecule has 3 heteroatoms. The Morgan fingerprint density at radius 3 is 2.70 bits per heavy atom. The number of aromatic nitrogens is 2. The Morgan fingerprint density at radius 1 is 1.10 bits per heavy atom. The number of benzene rings is 2. The fraction of sp³-hybridized carbons (Fsp3) is 0.235. The lowest BCUT2D eigenvalue weighted by atomic mass is 10.0. The van der Waals surface area contributed by atoms with E-state index >= 15 is 0 Å². The van der Waals surface area contributed by atoms with E-state index in [2.05, 4.69) is 54.4 Å². The van der Waals surface area contributed by atoms with Gasteiger partial charge in [0.15, 0.2) is 0 Å². The van der Waals surface area contributed by atoms with E-state index in [1.54, 1.807) is 7.11 Å². The molecule has 3 nitrogen and oxygen atoms in total. The largest absolute Gasteiger partial charge is 0.377 e. The number of aryl methyl sites for hydroxylation is 1. The van der Waals surface area contributed by atoms with Gasteiger partial charge in [-0.15, -0.1) is 0 Å². The minimum atomic E-state index is 0.105. The van der Waals surface area contributed by atoms with Crippen molar-refractivity contribution in [2.24, 2.45) is 7.05 Å². The Kier molecular flexibility index (Phi) is 3.28. The molecule has 0 saturated carbocycles. The molecule has 102 valence electrons. The van der Waals surface area contributed by atoms with E-state index < -0.39 is 0 Å². The van der Waals surface area contributed by atoms with Crippen molar-refractivity contribution >= 4 is 11.0 Å². The Balaban J connectivity index is 2.06. The molecule has 0 radical (unpaired) electrons. The molecule has 0 aliphatic rings. The van der Waals surface area contributed by atoms with Gasteiger partial charge in [0.1, 0.15) is 0 Å². The van der Waals surface area contributed by atoms with Gasteiger partial charge >= 0.3 is 0 Å². The molecule has 0 fully saturated rings. The van der Waals surface area contributed by atoms with Gasteiger partial charge in [0.05, 0.1) is 23.5 Å². The second-order valence-corrected chi connectivity index (χ2v) is 5.06. The maximum atomic E-state index is 5.38. The minimum absolute atomic E-state index is 0.105. The summed E-state index contributed by atoms with van der Waals surface area (Å²) in [5, 5.41) is 0. The van der Waals surface area contributed by atoms with Crippen LogP contribution in [0.1, 0.15) is 18.6 Å². The van der Waals surface area contributed by atoms with E-state index in [1.165, 1.54) is 16.7 Å². The average Bonchev–Trinajstić information content (AvgIpc) is 2.87. The number of methoxy groups -OCH3 is 1. The van der Waals surface area contributed by atoms with E-state index in [9.17, 15) is 0 Å². The zero-order valence-electron chi connectivity index (χ0n) is 12.0. The number of ether oxygens (including phenoxy) is 1. The van der Waals surface area contributed by atoms with Crippen molar-refractivity contribution in [3.8, 4) is 11.1 Å². The molecule has 0 aliphatic heterocycles. The quantitative estimate of drug-likeness (QED) is 0.717. The molecule has 0 saturated heterocycles. The van der Waals surface area contributed by atoms with Gasteiger partial charge in [-0.2, -0.15) is 0 Å². The molecule has 2 aromatic carbocycles. The molecule has 20 heavy (non-hydrogen) atoms. The predicted molar refractivity (Wildman–Crippen MR) is 81.6 cm³/mol. The number of imidazole rings is 1. The van der Waals surface area contributed by atoms with Gasteiger partial charge in [0.25, 0.3) is 0 Å². The highest BCUT2D eigenvalue weighted by Crippen LogP contribution is 2.26. The maximum Gasteiger partial charge on any atom is 0.0955 e. The molecule has 3 rings (SSSR count). The first-order chi connectivity index (χ1) is 9.69. The highest BCUT2D eigenvalue weighted by Gasteiger charge is 2.07. The third-order valence-corrected chi connectivity index (χ3v) is 3.77. The number of rotatable bonds is 3. The molecular weight excluding hydrogens is 248 g/mol. The van der Waals surface area contributed by atoms with Crippen LogP contribution in [0.3, 0.4) is 0 Å². The summed E-state index contributed by atoms with van der Waals surface area (Å²) in [6, 6.07) is 14.9. The normalized spacial score (nSPS) is 12.8. The van der Waals surface area contributed by atoms with Gasteiger partial charge in [-0.25, -0.2) is 4.98 Å². The average molecular weight is 266 g/mol. The van der Waals surface area contributed by atoms with Crippen LogP contribution in [0, 0.1) is 0 Å². The first-order valence-corrected chi connectivity index (χ1v) is 6.73. The van der Waals surface area contributed by atoms with Crippen LogP contribution in [-0.2, 0) is 11.8 Å². The fourth-order valence-electron chi connectivity index (χ4n) is 2.42. The molecule has 0 aliphatic carbocycles. The Labute approximate surface area is 118 Å². The Morgan fingerprint density at radius 2 is 1.90 bits per heavy atom. The zero-order valence-corrected chi connectivity index (χ0v) is 12.0. The van der Waals surface area contributed by atoms with Crippen LogP contribution >= 0.6 is 0 Å². The van der Waals surface area contributed by atoms with Crippen LogP contribution in [0.15, 0.2) is 48.8 Å². The van der Waals surface area contributed by atoms with Gasteiger partial charge in [-0.1, -0.05) is 24.3 Å². The van der Waals surface area contributed by atoms with Crippen molar-refractivity contribution in [3.05, 3.63) is 54.4 Å². The number of hydrogen-bond acceptors (Lipinski definition) is 2. The van der Waals surface area contributed by atoms with E-state index in [-0.39, 0.29) is 6.10 Å². The van der Waals surface area contributed by atoms with Crippen LogP contribution in [0.2, 0.25) is 0 Å². The van der Waals surface area contributed by atoms with Gasteiger partial charge < -0.3 is 9.30 Å². The summed E-state index contributed by atoms with van der Waals surface area (Å²) in [5.74, 6) is 0. The molecule has 1 atom stereocenters. The van der Waals surface area contributed by atoms with E-state index in [0.717, 1.165) is 11.0 Å². The zero-order chi connectivity index (χ0) is 14.1. The molecular formula is C17H18N2O. The molecule has 0 amide bonds. The van der Waals surface area contributed by atoms with Crippen LogP contribution in [0.4, 0.5) is 0 Å². The summed E-state index contributed by atoms with van der Waals surface area (Å²) in [6.45, 7) is 2.06. The van der Waals surface area contributed by atoms with Crippen molar-refractivity contribution in [1.29, 1.82) is 0 Å². The number of nitrogens with zero attached hydrogens (tertiary/aromatic N) is 2. The van der Waals surface area contributed by atoms with Gasteiger partial charge in [-0.05, 0) is 41.8 Å². The van der Waals surface area contributed by atoms with E-state index in [4.69, 9.17) is 4.74 Å². The van der Waals surface area contributed by atoms with Gasteiger partial charge in [0.2, 0.25) is 0 Å². The molecule has 0 N–H and O–H groups in total. The van der Waals surface area contributed by atoms with Gasteiger partial charge in [-0.3, -0.25) is 0 Å². The van der Waals surface area contributed by atoms with E-state index in [0.29, 0.717) is 0 Å². The Bertz CT molecular complexity index is 746. The minimum Gasteiger partial charge on any atom is -0.377 e. The highest BCUT2D eigenvalue weighted by molar-refractivity contribution is 5.82. The lowest BCUT2D eigenvalue weighted by molar-refractivity contribution is 0.119. The van der Waals surface area contributed by atoms with Crippen LogP contribution in [-0.4, -0.2) is 16.7 Å². The topological polar surface area (TPSA) is 27.1 Å². The lowest BCUT2D eigenvalue weighted by Gasteiger charge is -2.11. The van der Waals surface area contributed by atoms with Crippen LogP contribution in [0.5, 0.6) is 0 Å². The van der Waals surface area contributed by atoms with Crippen molar-refractivity contribution < 1.29 is 4.74 Å². The fourth-order valence-corrected chi connectivity index (χ4v) is 2.42. The third-order valence-electron chi connectivity index (χ3n) is 3.77. The van der Waals surface area contributed by atoms with Crippen LogP contribution < -0.4 is 0 Å². The molecule has 0 bridgehead atoms. The first kappa shape index (κ1) is 12.9. The molecule has 0 spiro atoms. The lowest BCUT2D eigenvalue weighted by Crippen LogP contribution is -1.95. The monoisotopic (exact) mass is 266 g/mol. The second-order valence-electron chi connectivity index (χ2n) is 5.06. The molecule has 1 aromatic heterocycles. The van der Waals surface area contributed by atoms with Crippen molar-refractivity contribution in [2.75, 3.05) is 7.11 Å². The Hall–Kier alpha value is -2.13. The second kappa shape index (κ2) is 5.10. The summed E-state index contributed by atoms with van der Waals surface area (Å²) in [5.41, 5.74) is 5.73. The summed E-state index contributed by atoms with van der Waals surface area (Å²) < 4.78 is 7.42. The molecule has 1 unspecified atom stereocenters. The predicted octanol–water partition coefficient (Wildman–Crippen LogP) is 3.95. The van der Waals surface area contributed by atoms with Crippen molar-refractivity contribution in [3.63, 3.8) is 0 Å².